The molecule has 88 valence electrons. The Kier molecular flexibility index (Phi) is 4.89. The Morgan fingerprint density at radius 1 is 1.20 bits per heavy atom. The van der Waals surface area contributed by atoms with Gasteiger partial charge in [0.15, 0.2) is 0 Å². The lowest BCUT2D eigenvalue weighted by atomic mass is 9.95. The molecule has 0 nitrogen and oxygen atoms in total. The molecule has 0 heterocycles. The van der Waals surface area contributed by atoms with Crippen molar-refractivity contribution in [1.29, 1.82) is 0 Å². The molecule has 0 spiro atoms. The number of hydrogen-bond acceptors (Lipinski definition) is 0. The summed E-state index contributed by atoms with van der Waals surface area (Å²) in [5, 5.41) is 0. The summed E-state index contributed by atoms with van der Waals surface area (Å²) in [5.41, 5.74) is 1.46. The molecule has 0 N–H and O–H groups in total. The second-order valence-corrected chi connectivity index (χ2v) is 5.67. The van der Waals surface area contributed by atoms with E-state index in [0.717, 1.165) is 23.7 Å². The normalized spacial score (nSPS) is 31.3. The second kappa shape index (κ2) is 5.72. The first kappa shape index (κ1) is 12.8. The van der Waals surface area contributed by atoms with Gasteiger partial charge in [0.1, 0.15) is 0 Å². The first-order valence-electron chi connectivity index (χ1n) is 6.74. The van der Waals surface area contributed by atoms with Gasteiger partial charge in [0, 0.05) is 0 Å². The Morgan fingerprint density at radius 3 is 2.27 bits per heavy atom. The topological polar surface area (TPSA) is 0 Å². The molecule has 1 rings (SSSR count). The highest BCUT2D eigenvalue weighted by Gasteiger charge is 2.45. The first-order valence-corrected chi connectivity index (χ1v) is 6.74. The van der Waals surface area contributed by atoms with Crippen LogP contribution in [0.5, 0.6) is 0 Å². The molecule has 0 heteroatoms. The maximum atomic E-state index is 4.13. The molecule has 0 aromatic rings. The van der Waals surface area contributed by atoms with Crippen molar-refractivity contribution >= 4 is 0 Å². The zero-order chi connectivity index (χ0) is 11.4. The van der Waals surface area contributed by atoms with E-state index in [0.29, 0.717) is 0 Å². The van der Waals surface area contributed by atoms with Crippen LogP contribution < -0.4 is 0 Å². The van der Waals surface area contributed by atoms with Crippen molar-refractivity contribution in [2.45, 2.75) is 59.8 Å². The standard InChI is InChI=1S/C15H28/c1-6-8-11(2)9-7-10-12(3)15-13(4)14(15)5/h12-15H,2,6-10H2,1,3-5H3. The number of allylic oxidation sites excluding steroid dienone is 1. The highest BCUT2D eigenvalue weighted by atomic mass is 14.5. The average molecular weight is 208 g/mol. The summed E-state index contributed by atoms with van der Waals surface area (Å²) >= 11 is 0. The van der Waals surface area contributed by atoms with Crippen molar-refractivity contribution in [2.75, 3.05) is 0 Å². The summed E-state index contributed by atoms with van der Waals surface area (Å²) in [4.78, 5) is 0. The zero-order valence-corrected chi connectivity index (χ0v) is 11.1. The van der Waals surface area contributed by atoms with Crippen molar-refractivity contribution in [1.82, 2.24) is 0 Å². The van der Waals surface area contributed by atoms with Gasteiger partial charge < -0.3 is 0 Å². The van der Waals surface area contributed by atoms with Gasteiger partial charge in [0.05, 0.1) is 0 Å². The lowest BCUT2D eigenvalue weighted by Gasteiger charge is -2.11. The van der Waals surface area contributed by atoms with Gasteiger partial charge in [-0.05, 0) is 42.9 Å². The van der Waals surface area contributed by atoms with E-state index < -0.39 is 0 Å². The minimum Gasteiger partial charge on any atom is -0.0999 e. The lowest BCUT2D eigenvalue weighted by Crippen LogP contribution is -2.00. The van der Waals surface area contributed by atoms with Gasteiger partial charge in [-0.25, -0.2) is 0 Å². The second-order valence-electron chi connectivity index (χ2n) is 5.67. The number of hydrogen-bond donors (Lipinski definition) is 0. The Balaban J connectivity index is 2.08. The Morgan fingerprint density at radius 2 is 1.80 bits per heavy atom. The maximum Gasteiger partial charge on any atom is -0.0323 e. The largest absolute Gasteiger partial charge is 0.0999 e. The predicted octanol–water partition coefficient (Wildman–Crippen LogP) is 5.05. The van der Waals surface area contributed by atoms with E-state index in [4.69, 9.17) is 0 Å². The molecule has 0 radical (unpaired) electrons. The SMILES string of the molecule is C=C(CCC)CCCC(C)C1C(C)C1C. The fourth-order valence-electron chi connectivity index (χ4n) is 3.08. The third-order valence-corrected chi connectivity index (χ3v) is 4.35. The Labute approximate surface area is 96.2 Å². The third kappa shape index (κ3) is 3.66. The molecule has 1 aliphatic carbocycles. The van der Waals surface area contributed by atoms with Crippen LogP contribution in [0.3, 0.4) is 0 Å². The summed E-state index contributed by atoms with van der Waals surface area (Å²) in [6, 6.07) is 0. The molecule has 0 amide bonds. The molecule has 0 saturated heterocycles. The van der Waals surface area contributed by atoms with E-state index in [1.807, 2.05) is 0 Å². The first-order chi connectivity index (χ1) is 7.07. The minimum absolute atomic E-state index is 0.935. The molecule has 1 fully saturated rings. The fourth-order valence-corrected chi connectivity index (χ4v) is 3.08. The van der Waals surface area contributed by atoms with Crippen LogP contribution in [-0.4, -0.2) is 0 Å². The summed E-state index contributed by atoms with van der Waals surface area (Å²) in [6.07, 6.45) is 6.50. The lowest BCUT2D eigenvalue weighted by molar-refractivity contribution is 0.422. The van der Waals surface area contributed by atoms with Crippen molar-refractivity contribution in [3.63, 3.8) is 0 Å². The van der Waals surface area contributed by atoms with E-state index in [2.05, 4.69) is 34.3 Å². The molecule has 3 unspecified atom stereocenters. The maximum absolute atomic E-state index is 4.13. The predicted molar refractivity (Wildman–Crippen MR) is 68.9 cm³/mol. The van der Waals surface area contributed by atoms with Crippen LogP contribution in [0.25, 0.3) is 0 Å². The Hall–Kier alpha value is -0.260. The molecule has 15 heavy (non-hydrogen) atoms. The summed E-state index contributed by atoms with van der Waals surface area (Å²) in [7, 11) is 0. The molecule has 1 saturated carbocycles. The summed E-state index contributed by atoms with van der Waals surface area (Å²) in [5.74, 6) is 3.92. The summed E-state index contributed by atoms with van der Waals surface area (Å²) in [6.45, 7) is 13.6. The zero-order valence-electron chi connectivity index (χ0n) is 11.1. The van der Waals surface area contributed by atoms with E-state index in [-0.39, 0.29) is 0 Å². The molecule has 3 atom stereocenters. The van der Waals surface area contributed by atoms with Crippen LogP contribution >= 0.6 is 0 Å². The van der Waals surface area contributed by atoms with Gasteiger partial charge in [-0.3, -0.25) is 0 Å². The van der Waals surface area contributed by atoms with Gasteiger partial charge in [0.2, 0.25) is 0 Å². The molecule has 0 aromatic heterocycles. The summed E-state index contributed by atoms with van der Waals surface area (Å²) < 4.78 is 0. The van der Waals surface area contributed by atoms with Crippen LogP contribution in [-0.2, 0) is 0 Å². The monoisotopic (exact) mass is 208 g/mol. The molecule has 0 bridgehead atoms. The van der Waals surface area contributed by atoms with Crippen molar-refractivity contribution in [3.05, 3.63) is 12.2 Å². The highest BCUT2D eigenvalue weighted by Crippen LogP contribution is 2.51. The van der Waals surface area contributed by atoms with E-state index in [1.54, 1.807) is 0 Å². The van der Waals surface area contributed by atoms with Crippen LogP contribution in [0.1, 0.15) is 59.8 Å². The molecule has 0 aromatic carbocycles. The van der Waals surface area contributed by atoms with Crippen LogP contribution in [0.2, 0.25) is 0 Å². The van der Waals surface area contributed by atoms with Crippen LogP contribution in [0.15, 0.2) is 12.2 Å². The quantitative estimate of drug-likeness (QED) is 0.513. The van der Waals surface area contributed by atoms with Crippen LogP contribution in [0, 0.1) is 23.7 Å². The number of rotatable bonds is 7. The minimum atomic E-state index is 0.935. The Bertz CT molecular complexity index is 196. The van der Waals surface area contributed by atoms with Crippen LogP contribution in [0.4, 0.5) is 0 Å². The molecular weight excluding hydrogens is 180 g/mol. The smallest absolute Gasteiger partial charge is 0.0323 e. The fraction of sp³-hybridized carbons (Fsp3) is 0.867. The van der Waals surface area contributed by atoms with E-state index >= 15 is 0 Å². The van der Waals surface area contributed by atoms with Gasteiger partial charge in [0.25, 0.3) is 0 Å². The van der Waals surface area contributed by atoms with Crippen molar-refractivity contribution in [3.8, 4) is 0 Å². The van der Waals surface area contributed by atoms with Gasteiger partial charge >= 0.3 is 0 Å². The van der Waals surface area contributed by atoms with E-state index in [1.165, 1.54) is 37.7 Å². The van der Waals surface area contributed by atoms with Crippen molar-refractivity contribution < 1.29 is 0 Å². The van der Waals surface area contributed by atoms with Gasteiger partial charge in [-0.1, -0.05) is 52.7 Å². The van der Waals surface area contributed by atoms with Gasteiger partial charge in [-0.15, -0.1) is 0 Å². The van der Waals surface area contributed by atoms with Crippen molar-refractivity contribution in [2.24, 2.45) is 23.7 Å². The third-order valence-electron chi connectivity index (χ3n) is 4.35. The van der Waals surface area contributed by atoms with E-state index in [9.17, 15) is 0 Å². The molecule has 1 aliphatic rings. The highest BCUT2D eigenvalue weighted by molar-refractivity contribution is 4.96. The van der Waals surface area contributed by atoms with Gasteiger partial charge in [-0.2, -0.15) is 0 Å². The molecular formula is C15H28. The molecule has 0 aliphatic heterocycles. The average Bonchev–Trinajstić information content (AvgIpc) is 2.75.